The number of amides is 1. The van der Waals surface area contributed by atoms with Gasteiger partial charge in [-0.15, -0.1) is 0 Å². The summed E-state index contributed by atoms with van der Waals surface area (Å²) < 4.78 is 80.4. The average molecular weight is 514 g/mol. The number of anilines is 1. The second kappa shape index (κ2) is 10.5. The Balaban J connectivity index is 1.84. The van der Waals surface area contributed by atoms with Crippen molar-refractivity contribution >= 4 is 23.0 Å². The molecule has 36 heavy (non-hydrogen) atoms. The predicted molar refractivity (Wildman–Crippen MR) is 121 cm³/mol. The van der Waals surface area contributed by atoms with Crippen molar-refractivity contribution in [2.45, 2.75) is 31.5 Å². The molecule has 2 heterocycles. The normalized spacial score (nSPS) is 20.1. The fourth-order valence-electron chi connectivity index (χ4n) is 3.99. The van der Waals surface area contributed by atoms with E-state index in [2.05, 4.69) is 20.6 Å². The van der Waals surface area contributed by atoms with E-state index >= 15 is 0 Å². The molecule has 0 bridgehead atoms. The quantitative estimate of drug-likeness (QED) is 0.381. The first-order chi connectivity index (χ1) is 16.8. The van der Waals surface area contributed by atoms with Crippen LogP contribution in [0.15, 0.2) is 42.9 Å². The van der Waals surface area contributed by atoms with Gasteiger partial charge in [0, 0.05) is 31.8 Å². The van der Waals surface area contributed by atoms with Gasteiger partial charge < -0.3 is 15.5 Å². The standard InChI is InChI=1S/C23H24F6N6O/c1-13-7-22(25,26)12-35(17(13)9-33-19-11-32-18(10-34-19)23(27,28)29)21(36)20(30)16(8-31-2)14-3-5-15(24)6-4-14/h3-6,8,10-11,13,17,30-31H,7,9,12H2,1-2H3,(H,33,34)/b16-8-,30-20?/t13-,17?/m1/s1. The van der Waals surface area contributed by atoms with E-state index in [1.54, 1.807) is 0 Å². The lowest BCUT2D eigenvalue weighted by molar-refractivity contribution is -0.145. The Kier molecular flexibility index (Phi) is 7.89. The largest absolute Gasteiger partial charge is 0.434 e. The molecule has 0 radical (unpaired) electrons. The minimum atomic E-state index is -4.67. The van der Waals surface area contributed by atoms with Crippen molar-refractivity contribution in [1.82, 2.24) is 20.2 Å². The summed E-state index contributed by atoms with van der Waals surface area (Å²) in [4.78, 5) is 21.1. The second-order valence-corrected chi connectivity index (χ2v) is 8.43. The van der Waals surface area contributed by atoms with Gasteiger partial charge in [-0.3, -0.25) is 10.2 Å². The maximum atomic E-state index is 14.5. The number of hydrogen-bond acceptors (Lipinski definition) is 6. The van der Waals surface area contributed by atoms with E-state index in [1.807, 2.05) is 0 Å². The van der Waals surface area contributed by atoms with Gasteiger partial charge in [0.1, 0.15) is 17.3 Å². The molecule has 1 fully saturated rings. The number of hydrogen-bond donors (Lipinski definition) is 3. The Morgan fingerprint density at radius 2 is 1.89 bits per heavy atom. The molecule has 1 unspecified atom stereocenters. The van der Waals surface area contributed by atoms with E-state index < -0.39 is 60.2 Å². The van der Waals surface area contributed by atoms with Gasteiger partial charge >= 0.3 is 6.18 Å². The highest BCUT2D eigenvalue weighted by atomic mass is 19.4. The molecular weight excluding hydrogens is 490 g/mol. The summed E-state index contributed by atoms with van der Waals surface area (Å²) in [7, 11) is 1.52. The number of likely N-dealkylation sites (tertiary alicyclic amines) is 1. The zero-order valence-electron chi connectivity index (χ0n) is 19.3. The van der Waals surface area contributed by atoms with Crippen LogP contribution in [0.3, 0.4) is 0 Å². The predicted octanol–water partition coefficient (Wildman–Crippen LogP) is 4.20. The second-order valence-electron chi connectivity index (χ2n) is 8.43. The van der Waals surface area contributed by atoms with Crippen molar-refractivity contribution < 1.29 is 31.1 Å². The number of halogens is 6. The Hall–Kier alpha value is -3.64. The van der Waals surface area contributed by atoms with Crippen LogP contribution in [0, 0.1) is 17.1 Å². The third kappa shape index (κ3) is 6.32. The number of carbonyl (C=O) groups excluding carboxylic acids is 1. The van der Waals surface area contributed by atoms with Crippen molar-refractivity contribution in [2.24, 2.45) is 5.92 Å². The van der Waals surface area contributed by atoms with Gasteiger partial charge in [0.05, 0.1) is 25.0 Å². The first-order valence-electron chi connectivity index (χ1n) is 10.9. The van der Waals surface area contributed by atoms with Crippen LogP contribution in [-0.4, -0.2) is 58.6 Å². The molecule has 13 heteroatoms. The third-order valence-electron chi connectivity index (χ3n) is 5.70. The third-order valence-corrected chi connectivity index (χ3v) is 5.70. The van der Waals surface area contributed by atoms with Crippen molar-refractivity contribution in [3.05, 3.63) is 59.9 Å². The highest BCUT2D eigenvalue weighted by molar-refractivity contribution is 6.54. The number of nitrogens with one attached hydrogen (secondary N) is 3. The van der Waals surface area contributed by atoms with Gasteiger partial charge in [-0.25, -0.2) is 23.1 Å². The molecule has 0 aliphatic carbocycles. The Morgan fingerprint density at radius 1 is 1.22 bits per heavy atom. The molecule has 7 nitrogen and oxygen atoms in total. The van der Waals surface area contributed by atoms with Crippen LogP contribution in [-0.2, 0) is 11.0 Å². The Morgan fingerprint density at radius 3 is 2.44 bits per heavy atom. The molecule has 3 N–H and O–H groups in total. The maximum absolute atomic E-state index is 14.5. The van der Waals surface area contributed by atoms with Crippen LogP contribution in [0.5, 0.6) is 0 Å². The Labute approximate surface area is 203 Å². The lowest BCUT2D eigenvalue weighted by Gasteiger charge is -2.43. The van der Waals surface area contributed by atoms with Gasteiger partial charge in [-0.1, -0.05) is 19.1 Å². The van der Waals surface area contributed by atoms with E-state index in [0.717, 1.165) is 23.2 Å². The highest BCUT2D eigenvalue weighted by Crippen LogP contribution is 2.35. The number of aromatic nitrogens is 2. The highest BCUT2D eigenvalue weighted by Gasteiger charge is 2.46. The monoisotopic (exact) mass is 514 g/mol. The van der Waals surface area contributed by atoms with Gasteiger partial charge in [0.15, 0.2) is 5.69 Å². The van der Waals surface area contributed by atoms with Crippen LogP contribution in [0.2, 0.25) is 0 Å². The van der Waals surface area contributed by atoms with Crippen molar-refractivity contribution in [2.75, 3.05) is 25.5 Å². The molecule has 2 atom stereocenters. The summed E-state index contributed by atoms with van der Waals surface area (Å²) in [5.41, 5.74) is -1.37. The molecule has 1 amide bonds. The Bertz CT molecular complexity index is 1120. The van der Waals surface area contributed by atoms with Crippen molar-refractivity contribution in [3.8, 4) is 0 Å². The summed E-state index contributed by atoms with van der Waals surface area (Å²) in [6.45, 7) is 0.462. The lowest BCUT2D eigenvalue weighted by atomic mass is 9.87. The number of rotatable bonds is 7. The van der Waals surface area contributed by atoms with E-state index in [0.29, 0.717) is 11.8 Å². The smallest absolute Gasteiger partial charge is 0.393 e. The summed E-state index contributed by atoms with van der Waals surface area (Å²) in [6, 6.07) is 4.18. The zero-order chi connectivity index (χ0) is 26.7. The van der Waals surface area contributed by atoms with E-state index in [-0.39, 0.29) is 17.9 Å². The summed E-state index contributed by atoms with van der Waals surface area (Å²) >= 11 is 0. The maximum Gasteiger partial charge on any atom is 0.434 e. The van der Waals surface area contributed by atoms with Crippen LogP contribution < -0.4 is 10.6 Å². The fourth-order valence-corrected chi connectivity index (χ4v) is 3.99. The molecular formula is C23H24F6N6O. The fraction of sp³-hybridized carbons (Fsp3) is 0.391. The molecule has 1 aliphatic rings. The lowest BCUT2D eigenvalue weighted by Crippen LogP contribution is -2.58. The molecule has 1 aliphatic heterocycles. The molecule has 3 rings (SSSR count). The molecule has 194 valence electrons. The minimum Gasteiger partial charge on any atom is -0.393 e. The van der Waals surface area contributed by atoms with Crippen molar-refractivity contribution in [3.63, 3.8) is 0 Å². The zero-order valence-corrected chi connectivity index (χ0v) is 19.3. The van der Waals surface area contributed by atoms with Gasteiger partial charge in [-0.05, 0) is 23.6 Å². The molecule has 1 aromatic carbocycles. The number of piperidine rings is 1. The van der Waals surface area contributed by atoms with E-state index in [9.17, 15) is 31.1 Å². The van der Waals surface area contributed by atoms with Crippen LogP contribution in [0.4, 0.5) is 32.2 Å². The molecule has 1 saturated heterocycles. The SMILES string of the molecule is CN/C=C(\C(=N)C(=O)N1CC(F)(F)C[C@@H](C)C1CNc1cnc(C(F)(F)F)cn1)c1ccc(F)cc1. The van der Waals surface area contributed by atoms with E-state index in [4.69, 9.17) is 5.41 Å². The van der Waals surface area contributed by atoms with Crippen LogP contribution in [0.25, 0.3) is 5.57 Å². The summed E-state index contributed by atoms with van der Waals surface area (Å²) in [5, 5.41) is 13.9. The van der Waals surface area contributed by atoms with Gasteiger partial charge in [-0.2, -0.15) is 13.2 Å². The summed E-state index contributed by atoms with van der Waals surface area (Å²) in [6.07, 6.45) is -2.45. The van der Waals surface area contributed by atoms with Gasteiger partial charge in [0.2, 0.25) is 0 Å². The summed E-state index contributed by atoms with van der Waals surface area (Å²) in [5.74, 6) is -5.46. The number of alkyl halides is 5. The first-order valence-corrected chi connectivity index (χ1v) is 10.9. The van der Waals surface area contributed by atoms with Crippen molar-refractivity contribution in [1.29, 1.82) is 5.41 Å². The topological polar surface area (TPSA) is 94.0 Å². The number of nitrogens with zero attached hydrogens (tertiary/aromatic N) is 3. The molecule has 0 spiro atoms. The van der Waals surface area contributed by atoms with E-state index in [1.165, 1.54) is 32.3 Å². The number of carbonyl (C=O) groups is 1. The number of benzene rings is 1. The molecule has 2 aromatic rings. The molecule has 1 aromatic heterocycles. The minimum absolute atomic E-state index is 0.0305. The first kappa shape index (κ1) is 27.0. The molecule has 0 saturated carbocycles. The average Bonchev–Trinajstić information content (AvgIpc) is 2.80. The van der Waals surface area contributed by atoms with Gasteiger partial charge in [0.25, 0.3) is 11.8 Å². The van der Waals surface area contributed by atoms with Crippen LogP contribution >= 0.6 is 0 Å². The van der Waals surface area contributed by atoms with Crippen LogP contribution in [0.1, 0.15) is 24.6 Å².